The SMILES string of the molecule is CCCCCc1cc(O)c2c(c1)OC(C)(C)C(C(O)CCC(C)=O)C2=O. The molecule has 2 unspecified atom stereocenters. The van der Waals surface area contributed by atoms with E-state index in [1.54, 1.807) is 19.9 Å². The second-order valence-electron chi connectivity index (χ2n) is 7.80. The van der Waals surface area contributed by atoms with Gasteiger partial charge in [-0.05, 0) is 57.7 Å². The first kappa shape index (κ1) is 20.4. The van der Waals surface area contributed by atoms with Crippen LogP contribution in [0, 0.1) is 5.92 Å². The van der Waals surface area contributed by atoms with Gasteiger partial charge in [-0.1, -0.05) is 19.8 Å². The van der Waals surface area contributed by atoms with Crippen LogP contribution in [0.3, 0.4) is 0 Å². The number of fused-ring (bicyclic) bond motifs is 1. The van der Waals surface area contributed by atoms with Gasteiger partial charge in [0, 0.05) is 6.42 Å². The number of ether oxygens (including phenoxy) is 1. The van der Waals surface area contributed by atoms with Crippen molar-refractivity contribution in [1.29, 1.82) is 0 Å². The lowest BCUT2D eigenvalue weighted by Crippen LogP contribution is -2.51. The number of ketones is 2. The Morgan fingerprint density at radius 1 is 1.31 bits per heavy atom. The van der Waals surface area contributed by atoms with Gasteiger partial charge in [-0.15, -0.1) is 0 Å². The minimum Gasteiger partial charge on any atom is -0.507 e. The minimum absolute atomic E-state index is 0.0361. The van der Waals surface area contributed by atoms with Gasteiger partial charge in [0.1, 0.15) is 28.4 Å². The van der Waals surface area contributed by atoms with E-state index in [4.69, 9.17) is 4.74 Å². The fourth-order valence-corrected chi connectivity index (χ4v) is 3.68. The number of aliphatic hydroxyl groups excluding tert-OH is 1. The third kappa shape index (κ3) is 4.44. The van der Waals surface area contributed by atoms with E-state index < -0.39 is 17.6 Å². The molecule has 0 saturated carbocycles. The van der Waals surface area contributed by atoms with Crippen LogP contribution in [0.1, 0.15) is 75.7 Å². The molecule has 1 aromatic rings. The average molecular weight is 362 g/mol. The van der Waals surface area contributed by atoms with Crippen molar-refractivity contribution in [3.63, 3.8) is 0 Å². The predicted molar refractivity (Wildman–Crippen MR) is 99.8 cm³/mol. The summed E-state index contributed by atoms with van der Waals surface area (Å²) < 4.78 is 6.03. The molecule has 0 saturated heterocycles. The fraction of sp³-hybridized carbons (Fsp3) is 0.619. The lowest BCUT2D eigenvalue weighted by molar-refractivity contribution is -0.118. The number of carbonyl (C=O) groups excluding carboxylic acids is 2. The predicted octanol–water partition coefficient (Wildman–Crippen LogP) is 3.82. The second-order valence-corrected chi connectivity index (χ2v) is 7.80. The Hall–Kier alpha value is -1.88. The molecule has 5 nitrogen and oxygen atoms in total. The van der Waals surface area contributed by atoms with Crippen molar-refractivity contribution in [3.8, 4) is 11.5 Å². The summed E-state index contributed by atoms with van der Waals surface area (Å²) in [5.74, 6) is -0.915. The van der Waals surface area contributed by atoms with Gasteiger partial charge in [0.2, 0.25) is 0 Å². The number of aliphatic hydroxyl groups is 1. The van der Waals surface area contributed by atoms with E-state index in [0.717, 1.165) is 31.2 Å². The van der Waals surface area contributed by atoms with Crippen LogP contribution in [0.4, 0.5) is 0 Å². The Labute approximate surface area is 155 Å². The van der Waals surface area contributed by atoms with Crippen molar-refractivity contribution in [2.24, 2.45) is 5.92 Å². The molecule has 1 heterocycles. The Balaban J connectivity index is 2.31. The zero-order chi connectivity index (χ0) is 19.5. The number of hydrogen-bond acceptors (Lipinski definition) is 5. The van der Waals surface area contributed by atoms with E-state index >= 15 is 0 Å². The number of hydrogen-bond donors (Lipinski definition) is 2. The van der Waals surface area contributed by atoms with Crippen molar-refractivity contribution < 1.29 is 24.5 Å². The van der Waals surface area contributed by atoms with Crippen LogP contribution >= 0.6 is 0 Å². The Morgan fingerprint density at radius 3 is 2.62 bits per heavy atom. The molecule has 5 heteroatoms. The molecule has 1 aromatic carbocycles. The van der Waals surface area contributed by atoms with Gasteiger partial charge >= 0.3 is 0 Å². The Kier molecular flexibility index (Phi) is 6.45. The number of phenolic OH excluding ortho intramolecular Hbond substituents is 1. The average Bonchev–Trinajstić information content (AvgIpc) is 2.51. The number of aromatic hydroxyl groups is 1. The van der Waals surface area contributed by atoms with Gasteiger partial charge < -0.3 is 19.7 Å². The number of rotatable bonds is 8. The van der Waals surface area contributed by atoms with E-state index in [0.29, 0.717) is 5.75 Å². The molecule has 0 spiro atoms. The maximum absolute atomic E-state index is 13.0. The molecule has 2 N–H and O–H groups in total. The maximum atomic E-state index is 13.0. The third-order valence-electron chi connectivity index (χ3n) is 5.04. The normalized spacial score (nSPS) is 19.6. The summed E-state index contributed by atoms with van der Waals surface area (Å²) in [7, 11) is 0. The summed E-state index contributed by atoms with van der Waals surface area (Å²) in [6.07, 6.45) is 3.44. The number of benzene rings is 1. The van der Waals surface area contributed by atoms with Crippen LogP contribution in [0.15, 0.2) is 12.1 Å². The molecule has 0 bridgehead atoms. The molecular formula is C21H30O5. The zero-order valence-corrected chi connectivity index (χ0v) is 16.2. The lowest BCUT2D eigenvalue weighted by Gasteiger charge is -2.41. The summed E-state index contributed by atoms with van der Waals surface area (Å²) in [6.45, 7) is 7.11. The van der Waals surface area contributed by atoms with Crippen LogP contribution in [0.5, 0.6) is 11.5 Å². The quantitative estimate of drug-likeness (QED) is 0.687. The molecule has 2 atom stereocenters. The second kappa shape index (κ2) is 8.21. The lowest BCUT2D eigenvalue weighted by atomic mass is 9.76. The van der Waals surface area contributed by atoms with Gasteiger partial charge in [-0.25, -0.2) is 0 Å². The van der Waals surface area contributed by atoms with Crippen LogP contribution < -0.4 is 4.74 Å². The topological polar surface area (TPSA) is 83.8 Å². The van der Waals surface area contributed by atoms with Crippen molar-refractivity contribution in [1.82, 2.24) is 0 Å². The van der Waals surface area contributed by atoms with Gasteiger partial charge in [0.25, 0.3) is 0 Å². The fourth-order valence-electron chi connectivity index (χ4n) is 3.68. The summed E-state index contributed by atoms with van der Waals surface area (Å²) in [4.78, 5) is 24.2. The smallest absolute Gasteiger partial charge is 0.180 e. The molecule has 1 aliphatic rings. The van der Waals surface area contributed by atoms with Crippen molar-refractivity contribution in [2.75, 3.05) is 0 Å². The van der Waals surface area contributed by atoms with Gasteiger partial charge in [0.15, 0.2) is 5.78 Å². The number of Topliss-reactive ketones (excluding diaryl/α,β-unsaturated/α-hetero) is 2. The van der Waals surface area contributed by atoms with E-state index in [1.165, 1.54) is 6.92 Å². The molecule has 0 aromatic heterocycles. The Bertz CT molecular complexity index is 677. The van der Waals surface area contributed by atoms with Crippen molar-refractivity contribution >= 4 is 11.6 Å². The molecule has 26 heavy (non-hydrogen) atoms. The molecular weight excluding hydrogens is 332 g/mol. The Morgan fingerprint density at radius 2 is 2.00 bits per heavy atom. The molecule has 144 valence electrons. The standard InChI is InChI=1S/C21H30O5/c1-5-6-7-8-14-11-16(24)18-17(12-14)26-21(3,4)19(20(18)25)15(23)10-9-13(2)22/h11-12,15,19,23-24H,5-10H2,1-4H3. The molecule has 0 fully saturated rings. The van der Waals surface area contributed by atoms with Crippen molar-refractivity contribution in [2.45, 2.75) is 77.9 Å². The number of unbranched alkanes of at least 4 members (excludes halogenated alkanes) is 2. The molecule has 2 rings (SSSR count). The minimum atomic E-state index is -1.00. The number of aryl methyl sites for hydroxylation is 1. The first-order chi connectivity index (χ1) is 12.2. The van der Waals surface area contributed by atoms with E-state index in [9.17, 15) is 19.8 Å². The zero-order valence-electron chi connectivity index (χ0n) is 16.2. The highest BCUT2D eigenvalue weighted by Gasteiger charge is 2.48. The third-order valence-corrected chi connectivity index (χ3v) is 5.04. The molecule has 0 radical (unpaired) electrons. The summed E-state index contributed by atoms with van der Waals surface area (Å²) >= 11 is 0. The molecule has 0 aliphatic carbocycles. The summed E-state index contributed by atoms with van der Waals surface area (Å²) in [6, 6.07) is 3.44. The number of phenols is 1. The number of carbonyl (C=O) groups is 2. The molecule has 0 amide bonds. The monoisotopic (exact) mass is 362 g/mol. The van der Waals surface area contributed by atoms with E-state index in [1.807, 2.05) is 6.07 Å². The highest BCUT2D eigenvalue weighted by molar-refractivity contribution is 6.04. The first-order valence-corrected chi connectivity index (χ1v) is 9.44. The van der Waals surface area contributed by atoms with Crippen LogP contribution in [0.2, 0.25) is 0 Å². The molecule has 1 aliphatic heterocycles. The van der Waals surface area contributed by atoms with Crippen LogP contribution in [-0.2, 0) is 11.2 Å². The first-order valence-electron chi connectivity index (χ1n) is 9.44. The van der Waals surface area contributed by atoms with Crippen LogP contribution in [0.25, 0.3) is 0 Å². The highest BCUT2D eigenvalue weighted by atomic mass is 16.5. The van der Waals surface area contributed by atoms with Gasteiger partial charge in [0.05, 0.1) is 12.0 Å². The van der Waals surface area contributed by atoms with Gasteiger partial charge in [-0.3, -0.25) is 4.79 Å². The largest absolute Gasteiger partial charge is 0.507 e. The van der Waals surface area contributed by atoms with Crippen molar-refractivity contribution in [3.05, 3.63) is 23.3 Å². The van der Waals surface area contributed by atoms with E-state index in [-0.39, 0.29) is 35.7 Å². The summed E-state index contributed by atoms with van der Waals surface area (Å²) in [5.41, 5.74) is 0.152. The highest BCUT2D eigenvalue weighted by Crippen LogP contribution is 2.43. The maximum Gasteiger partial charge on any atom is 0.180 e. The summed E-state index contributed by atoms with van der Waals surface area (Å²) in [5, 5.41) is 20.9. The van der Waals surface area contributed by atoms with Gasteiger partial charge in [-0.2, -0.15) is 0 Å². The van der Waals surface area contributed by atoms with E-state index in [2.05, 4.69) is 6.92 Å². The van der Waals surface area contributed by atoms with Crippen LogP contribution in [-0.4, -0.2) is 33.5 Å².